The van der Waals surface area contributed by atoms with Crippen molar-refractivity contribution in [2.75, 3.05) is 0 Å². The summed E-state index contributed by atoms with van der Waals surface area (Å²) < 4.78 is 0. The molecular weight excluding hydrogens is 232 g/mol. The molecule has 0 N–H and O–H groups in total. The van der Waals surface area contributed by atoms with E-state index in [0.717, 1.165) is 24.2 Å². The van der Waals surface area contributed by atoms with E-state index in [1.807, 2.05) is 24.3 Å². The number of hydrogen-bond donors (Lipinski definition) is 0. The average molecular weight is 253 g/mol. The van der Waals surface area contributed by atoms with Crippen molar-refractivity contribution in [3.63, 3.8) is 0 Å². The molecule has 1 aromatic carbocycles. The average Bonchev–Trinajstić information content (AvgIpc) is 2.19. The van der Waals surface area contributed by atoms with Crippen LogP contribution < -0.4 is 0 Å². The molecular formula is C15H21ClO. The summed E-state index contributed by atoms with van der Waals surface area (Å²) in [5.74, 6) is 0.425. The maximum absolute atomic E-state index is 10.7. The molecule has 0 saturated carbocycles. The van der Waals surface area contributed by atoms with Gasteiger partial charge < -0.3 is 4.79 Å². The van der Waals surface area contributed by atoms with Crippen LogP contribution in [0.3, 0.4) is 0 Å². The van der Waals surface area contributed by atoms with Crippen LogP contribution in [0.1, 0.15) is 39.2 Å². The molecule has 1 nitrogen and oxygen atoms in total. The zero-order chi connectivity index (χ0) is 12.9. The van der Waals surface area contributed by atoms with Gasteiger partial charge >= 0.3 is 0 Å². The molecule has 0 radical (unpaired) electrons. The molecule has 0 aliphatic rings. The van der Waals surface area contributed by atoms with Gasteiger partial charge in [-0.25, -0.2) is 0 Å². The highest BCUT2D eigenvalue weighted by molar-refractivity contribution is 6.30. The lowest BCUT2D eigenvalue weighted by Crippen LogP contribution is -2.15. The van der Waals surface area contributed by atoms with Gasteiger partial charge in [-0.2, -0.15) is 0 Å². The van der Waals surface area contributed by atoms with Crippen molar-refractivity contribution in [1.82, 2.24) is 0 Å². The Bertz CT molecular complexity index is 348. The van der Waals surface area contributed by atoms with E-state index in [9.17, 15) is 4.79 Å². The Kier molecular flexibility index (Phi) is 5.20. The number of aldehydes is 1. The van der Waals surface area contributed by atoms with E-state index in [1.54, 1.807) is 0 Å². The number of carbonyl (C=O) groups excluding carboxylic acids is 1. The summed E-state index contributed by atoms with van der Waals surface area (Å²) in [5.41, 5.74) is 1.52. The van der Waals surface area contributed by atoms with Gasteiger partial charge in [0.15, 0.2) is 0 Å². The molecule has 1 unspecified atom stereocenters. The Hall–Kier alpha value is -0.820. The van der Waals surface area contributed by atoms with E-state index < -0.39 is 0 Å². The van der Waals surface area contributed by atoms with Crippen LogP contribution in [0.5, 0.6) is 0 Å². The Morgan fingerprint density at radius 3 is 2.29 bits per heavy atom. The summed E-state index contributed by atoms with van der Waals surface area (Å²) in [6.07, 6.45) is 3.69. The predicted octanol–water partition coefficient (Wildman–Crippen LogP) is 4.52. The number of rotatable bonds is 5. The monoisotopic (exact) mass is 252 g/mol. The van der Waals surface area contributed by atoms with E-state index in [4.69, 9.17) is 11.6 Å². The Morgan fingerprint density at radius 1 is 1.24 bits per heavy atom. The SMILES string of the molecule is CC(C)(C)CC(CC=O)Cc1ccc(Cl)cc1. The topological polar surface area (TPSA) is 17.1 Å². The summed E-state index contributed by atoms with van der Waals surface area (Å²) in [5, 5.41) is 0.761. The van der Waals surface area contributed by atoms with Crippen LogP contribution in [0.4, 0.5) is 0 Å². The molecule has 0 saturated heterocycles. The van der Waals surface area contributed by atoms with Crippen molar-refractivity contribution in [1.29, 1.82) is 0 Å². The van der Waals surface area contributed by atoms with Gasteiger partial charge in [-0.05, 0) is 41.9 Å². The molecule has 0 fully saturated rings. The lowest BCUT2D eigenvalue weighted by molar-refractivity contribution is -0.108. The number of halogens is 1. The van der Waals surface area contributed by atoms with Gasteiger partial charge in [0.25, 0.3) is 0 Å². The summed E-state index contributed by atoms with van der Waals surface area (Å²) in [6, 6.07) is 7.91. The maximum atomic E-state index is 10.7. The molecule has 1 atom stereocenters. The minimum absolute atomic E-state index is 0.264. The van der Waals surface area contributed by atoms with Crippen LogP contribution in [0.15, 0.2) is 24.3 Å². The lowest BCUT2D eigenvalue weighted by atomic mass is 9.81. The van der Waals surface area contributed by atoms with Gasteiger partial charge in [0.2, 0.25) is 0 Å². The highest BCUT2D eigenvalue weighted by Gasteiger charge is 2.18. The molecule has 0 amide bonds. The summed E-state index contributed by atoms with van der Waals surface area (Å²) in [4.78, 5) is 10.7. The Balaban J connectivity index is 2.66. The first-order valence-corrected chi connectivity index (χ1v) is 6.46. The number of benzene rings is 1. The van der Waals surface area contributed by atoms with E-state index in [0.29, 0.717) is 12.3 Å². The van der Waals surface area contributed by atoms with Gasteiger partial charge in [0.05, 0.1) is 0 Å². The largest absolute Gasteiger partial charge is 0.303 e. The number of carbonyl (C=O) groups is 1. The molecule has 1 rings (SSSR count). The van der Waals surface area contributed by atoms with Gasteiger partial charge in [0.1, 0.15) is 6.29 Å². The summed E-state index contributed by atoms with van der Waals surface area (Å²) >= 11 is 5.86. The molecule has 94 valence electrons. The summed E-state index contributed by atoms with van der Waals surface area (Å²) in [7, 11) is 0. The summed E-state index contributed by atoms with van der Waals surface area (Å²) in [6.45, 7) is 6.64. The van der Waals surface area contributed by atoms with E-state index >= 15 is 0 Å². The zero-order valence-electron chi connectivity index (χ0n) is 10.9. The first-order valence-electron chi connectivity index (χ1n) is 6.09. The molecule has 1 aromatic rings. The fourth-order valence-electron chi connectivity index (χ4n) is 2.19. The van der Waals surface area contributed by atoms with Crippen LogP contribution in [0.25, 0.3) is 0 Å². The van der Waals surface area contributed by atoms with Gasteiger partial charge in [0, 0.05) is 11.4 Å². The molecule has 0 aromatic heterocycles. The van der Waals surface area contributed by atoms with Crippen LogP contribution in [-0.4, -0.2) is 6.29 Å². The van der Waals surface area contributed by atoms with Gasteiger partial charge in [-0.1, -0.05) is 44.5 Å². The highest BCUT2D eigenvalue weighted by Crippen LogP contribution is 2.28. The molecule has 0 heterocycles. The predicted molar refractivity (Wildman–Crippen MR) is 73.4 cm³/mol. The fourth-order valence-corrected chi connectivity index (χ4v) is 2.32. The van der Waals surface area contributed by atoms with E-state index in [2.05, 4.69) is 20.8 Å². The third kappa shape index (κ3) is 5.88. The van der Waals surface area contributed by atoms with Crippen molar-refractivity contribution in [2.24, 2.45) is 11.3 Å². The molecule has 17 heavy (non-hydrogen) atoms. The van der Waals surface area contributed by atoms with Crippen molar-refractivity contribution in [2.45, 2.75) is 40.0 Å². The normalized spacial score (nSPS) is 13.4. The molecule has 0 spiro atoms. The van der Waals surface area contributed by atoms with Crippen LogP contribution in [0.2, 0.25) is 5.02 Å². The second-order valence-corrected chi connectivity index (χ2v) is 6.30. The minimum atomic E-state index is 0.264. The standard InChI is InChI=1S/C15H21ClO/c1-15(2,3)11-13(8-9-17)10-12-4-6-14(16)7-5-12/h4-7,9,13H,8,10-11H2,1-3H3. The molecule has 0 bridgehead atoms. The zero-order valence-corrected chi connectivity index (χ0v) is 11.6. The molecule has 0 aliphatic heterocycles. The Labute approximate surface area is 109 Å². The second kappa shape index (κ2) is 6.20. The number of hydrogen-bond acceptors (Lipinski definition) is 1. The lowest BCUT2D eigenvalue weighted by Gasteiger charge is -2.24. The third-order valence-electron chi connectivity index (χ3n) is 2.77. The van der Waals surface area contributed by atoms with Crippen molar-refractivity contribution in [3.8, 4) is 0 Å². The van der Waals surface area contributed by atoms with Crippen LogP contribution in [-0.2, 0) is 11.2 Å². The van der Waals surface area contributed by atoms with Crippen LogP contribution >= 0.6 is 11.6 Å². The molecule has 2 heteroatoms. The van der Waals surface area contributed by atoms with E-state index in [1.165, 1.54) is 5.56 Å². The van der Waals surface area contributed by atoms with Crippen molar-refractivity contribution >= 4 is 17.9 Å². The van der Waals surface area contributed by atoms with Crippen molar-refractivity contribution < 1.29 is 4.79 Å². The first kappa shape index (κ1) is 14.2. The highest BCUT2D eigenvalue weighted by atomic mass is 35.5. The quantitative estimate of drug-likeness (QED) is 0.704. The van der Waals surface area contributed by atoms with E-state index in [-0.39, 0.29) is 5.41 Å². The molecule has 0 aliphatic carbocycles. The second-order valence-electron chi connectivity index (χ2n) is 5.86. The smallest absolute Gasteiger partial charge is 0.120 e. The van der Waals surface area contributed by atoms with Gasteiger partial charge in [-0.3, -0.25) is 0 Å². The minimum Gasteiger partial charge on any atom is -0.303 e. The maximum Gasteiger partial charge on any atom is 0.120 e. The fraction of sp³-hybridized carbons (Fsp3) is 0.533. The third-order valence-corrected chi connectivity index (χ3v) is 3.02. The first-order chi connectivity index (χ1) is 7.90. The van der Waals surface area contributed by atoms with Crippen LogP contribution in [0, 0.1) is 11.3 Å². The Morgan fingerprint density at radius 2 is 1.82 bits per heavy atom. The van der Waals surface area contributed by atoms with Crippen molar-refractivity contribution in [3.05, 3.63) is 34.9 Å². The van der Waals surface area contributed by atoms with Gasteiger partial charge in [-0.15, -0.1) is 0 Å².